The fraction of sp³-hybridized carbons (Fsp3) is 0.333. The molecule has 0 atom stereocenters. The molecule has 7 nitrogen and oxygen atoms in total. The minimum absolute atomic E-state index is 0.0374. The van der Waals surface area contributed by atoms with Crippen LogP contribution >= 0.6 is 11.6 Å². The summed E-state index contributed by atoms with van der Waals surface area (Å²) in [6.07, 6.45) is -0.0869. The average molecular weight is 301 g/mol. The Hall–Kier alpha value is -2.15. The summed E-state index contributed by atoms with van der Waals surface area (Å²) in [5, 5.41) is 13.1. The number of nitrogens with zero attached hydrogens (tertiary/aromatic N) is 1. The molecular formula is C12H13ClN2O5. The molecule has 1 aromatic rings. The fourth-order valence-electron chi connectivity index (χ4n) is 1.38. The van der Waals surface area contributed by atoms with E-state index in [-0.39, 0.29) is 35.8 Å². The zero-order valence-corrected chi connectivity index (χ0v) is 11.5. The molecular weight excluding hydrogens is 288 g/mol. The second kappa shape index (κ2) is 7.44. The van der Waals surface area contributed by atoms with E-state index in [1.54, 1.807) is 6.92 Å². The number of hydrogen-bond acceptors (Lipinski definition) is 5. The first-order chi connectivity index (χ1) is 9.43. The highest BCUT2D eigenvalue weighted by Gasteiger charge is 2.12. The Kier molecular flexibility index (Phi) is 5.92. The number of ether oxygens (including phenoxy) is 1. The lowest BCUT2D eigenvalue weighted by Crippen LogP contribution is -2.14. The van der Waals surface area contributed by atoms with E-state index in [9.17, 15) is 19.7 Å². The van der Waals surface area contributed by atoms with Crippen LogP contribution in [0.2, 0.25) is 5.02 Å². The van der Waals surface area contributed by atoms with Crippen LogP contribution in [0.5, 0.6) is 0 Å². The van der Waals surface area contributed by atoms with Gasteiger partial charge in [-0.3, -0.25) is 19.7 Å². The van der Waals surface area contributed by atoms with E-state index in [0.29, 0.717) is 0 Å². The molecule has 0 saturated heterocycles. The van der Waals surface area contributed by atoms with Crippen molar-refractivity contribution in [1.82, 2.24) is 0 Å². The molecule has 1 N–H and O–H groups in total. The second-order valence-corrected chi connectivity index (χ2v) is 4.18. The van der Waals surface area contributed by atoms with Crippen LogP contribution < -0.4 is 5.32 Å². The van der Waals surface area contributed by atoms with Gasteiger partial charge in [-0.1, -0.05) is 11.6 Å². The zero-order valence-electron chi connectivity index (χ0n) is 10.7. The molecule has 0 spiro atoms. The van der Waals surface area contributed by atoms with Crippen LogP contribution in [0.4, 0.5) is 11.4 Å². The van der Waals surface area contributed by atoms with Crippen molar-refractivity contribution >= 4 is 34.9 Å². The number of nitro benzene ring substituents is 1. The van der Waals surface area contributed by atoms with E-state index in [2.05, 4.69) is 10.1 Å². The van der Waals surface area contributed by atoms with Crippen molar-refractivity contribution in [2.75, 3.05) is 11.9 Å². The van der Waals surface area contributed by atoms with Gasteiger partial charge in [-0.25, -0.2) is 0 Å². The molecule has 0 radical (unpaired) electrons. The maximum atomic E-state index is 11.6. The number of anilines is 1. The Morgan fingerprint density at radius 3 is 2.65 bits per heavy atom. The molecule has 0 heterocycles. The van der Waals surface area contributed by atoms with Crippen molar-refractivity contribution in [3.05, 3.63) is 33.3 Å². The smallest absolute Gasteiger partial charge is 0.306 e. The molecule has 108 valence electrons. The fourth-order valence-corrected chi connectivity index (χ4v) is 1.60. The number of non-ortho nitro benzene ring substituents is 1. The van der Waals surface area contributed by atoms with Crippen LogP contribution in [-0.2, 0) is 14.3 Å². The minimum Gasteiger partial charge on any atom is -0.466 e. The highest BCUT2D eigenvalue weighted by atomic mass is 35.5. The predicted molar refractivity (Wildman–Crippen MR) is 72.6 cm³/mol. The average Bonchev–Trinajstić information content (AvgIpc) is 2.39. The number of halogens is 1. The number of hydrogen-bond donors (Lipinski definition) is 1. The van der Waals surface area contributed by atoms with E-state index >= 15 is 0 Å². The number of nitro groups is 1. The molecule has 0 bridgehead atoms. The van der Waals surface area contributed by atoms with Crippen LogP contribution in [-0.4, -0.2) is 23.4 Å². The molecule has 1 aromatic carbocycles. The van der Waals surface area contributed by atoms with E-state index in [0.717, 1.165) is 6.07 Å². The van der Waals surface area contributed by atoms with Crippen molar-refractivity contribution in [2.45, 2.75) is 19.8 Å². The maximum absolute atomic E-state index is 11.6. The molecule has 0 saturated carbocycles. The van der Waals surface area contributed by atoms with E-state index in [4.69, 9.17) is 11.6 Å². The Balaban J connectivity index is 2.58. The van der Waals surface area contributed by atoms with Gasteiger partial charge >= 0.3 is 5.97 Å². The van der Waals surface area contributed by atoms with Crippen molar-refractivity contribution < 1.29 is 19.2 Å². The lowest BCUT2D eigenvalue weighted by atomic mass is 10.2. The summed E-state index contributed by atoms with van der Waals surface area (Å²) in [6, 6.07) is 3.71. The van der Waals surface area contributed by atoms with Crippen LogP contribution in [0.25, 0.3) is 0 Å². The lowest BCUT2D eigenvalue weighted by Gasteiger charge is -2.07. The van der Waals surface area contributed by atoms with Gasteiger partial charge in [-0.2, -0.15) is 0 Å². The van der Waals surface area contributed by atoms with Crippen molar-refractivity contribution in [1.29, 1.82) is 0 Å². The predicted octanol–water partition coefficient (Wildman–Crippen LogP) is 2.53. The first kappa shape index (κ1) is 15.9. The summed E-state index contributed by atoms with van der Waals surface area (Å²) in [4.78, 5) is 32.6. The molecule has 0 unspecified atom stereocenters. The standard InChI is InChI=1S/C12H13ClN2O5/c1-2-20-12(17)6-5-11(16)14-10-4-3-8(15(18)19)7-9(10)13/h3-4,7H,2,5-6H2,1H3,(H,14,16). The normalized spacial score (nSPS) is 9.90. The van der Waals surface area contributed by atoms with Crippen molar-refractivity contribution in [3.63, 3.8) is 0 Å². The Morgan fingerprint density at radius 2 is 2.10 bits per heavy atom. The molecule has 0 aliphatic heterocycles. The quantitative estimate of drug-likeness (QED) is 0.494. The van der Waals surface area contributed by atoms with Gasteiger partial charge in [0, 0.05) is 18.6 Å². The van der Waals surface area contributed by atoms with Crippen LogP contribution in [0.1, 0.15) is 19.8 Å². The van der Waals surface area contributed by atoms with Gasteiger partial charge in [0.2, 0.25) is 5.91 Å². The summed E-state index contributed by atoms with van der Waals surface area (Å²) >= 11 is 5.82. The molecule has 1 rings (SSSR count). The largest absolute Gasteiger partial charge is 0.466 e. The van der Waals surface area contributed by atoms with Gasteiger partial charge in [0.05, 0.1) is 28.7 Å². The molecule has 0 fully saturated rings. The number of carbonyl (C=O) groups excluding carboxylic acids is 2. The highest BCUT2D eigenvalue weighted by Crippen LogP contribution is 2.26. The maximum Gasteiger partial charge on any atom is 0.306 e. The molecule has 8 heteroatoms. The molecule has 0 aromatic heterocycles. The first-order valence-electron chi connectivity index (χ1n) is 5.83. The highest BCUT2D eigenvalue weighted by molar-refractivity contribution is 6.33. The lowest BCUT2D eigenvalue weighted by molar-refractivity contribution is -0.384. The third-order valence-electron chi connectivity index (χ3n) is 2.30. The van der Waals surface area contributed by atoms with Gasteiger partial charge in [0.15, 0.2) is 0 Å². The van der Waals surface area contributed by atoms with Gasteiger partial charge in [0.25, 0.3) is 5.69 Å². The summed E-state index contributed by atoms with van der Waals surface area (Å²) in [6.45, 7) is 1.93. The van der Waals surface area contributed by atoms with Crippen LogP contribution in [0.15, 0.2) is 18.2 Å². The summed E-state index contributed by atoms with van der Waals surface area (Å²) in [5.41, 5.74) is 0.0886. The van der Waals surface area contributed by atoms with Gasteiger partial charge in [-0.15, -0.1) is 0 Å². The van der Waals surface area contributed by atoms with E-state index in [1.165, 1.54) is 12.1 Å². The van der Waals surface area contributed by atoms with E-state index in [1.807, 2.05) is 0 Å². The number of benzene rings is 1. The molecule has 1 amide bonds. The monoisotopic (exact) mass is 300 g/mol. The Morgan fingerprint density at radius 1 is 1.40 bits per heavy atom. The zero-order chi connectivity index (χ0) is 15.1. The minimum atomic E-state index is -0.585. The van der Waals surface area contributed by atoms with Crippen LogP contribution in [0, 0.1) is 10.1 Å². The van der Waals surface area contributed by atoms with Gasteiger partial charge in [0.1, 0.15) is 0 Å². The second-order valence-electron chi connectivity index (χ2n) is 3.77. The third-order valence-corrected chi connectivity index (χ3v) is 2.61. The van der Waals surface area contributed by atoms with E-state index < -0.39 is 16.8 Å². The number of nitrogens with one attached hydrogen (secondary N) is 1. The third kappa shape index (κ3) is 4.85. The molecule has 20 heavy (non-hydrogen) atoms. The molecule has 0 aliphatic carbocycles. The first-order valence-corrected chi connectivity index (χ1v) is 6.21. The van der Waals surface area contributed by atoms with Crippen LogP contribution in [0.3, 0.4) is 0 Å². The number of rotatable bonds is 6. The number of carbonyl (C=O) groups is 2. The van der Waals surface area contributed by atoms with Crippen molar-refractivity contribution in [3.8, 4) is 0 Å². The SMILES string of the molecule is CCOC(=O)CCC(=O)Nc1ccc([N+](=O)[O-])cc1Cl. The topological polar surface area (TPSA) is 98.5 Å². The summed E-state index contributed by atoms with van der Waals surface area (Å²) in [5.74, 6) is -0.883. The summed E-state index contributed by atoms with van der Waals surface area (Å²) in [7, 11) is 0. The Bertz CT molecular complexity index is 533. The molecule has 0 aliphatic rings. The van der Waals surface area contributed by atoms with Gasteiger partial charge in [-0.05, 0) is 13.0 Å². The van der Waals surface area contributed by atoms with Crippen molar-refractivity contribution in [2.24, 2.45) is 0 Å². The summed E-state index contributed by atoms with van der Waals surface area (Å²) < 4.78 is 4.69. The van der Waals surface area contributed by atoms with Gasteiger partial charge < -0.3 is 10.1 Å². The number of amides is 1. The Labute approximate surface area is 120 Å². The number of esters is 1.